The number of nitrogen functional groups attached to an aromatic ring is 1. The zero-order valence-electron chi connectivity index (χ0n) is 29.2. The number of aliphatic carboxylic acids is 2. The minimum atomic E-state index is -5.00. The monoisotopic (exact) mass is 833 g/mol. The number of carboxylic acids is 2. The average Bonchev–Trinajstić information content (AvgIpc) is 3.62. The Bertz CT molecular complexity index is 2050. The van der Waals surface area contributed by atoms with Crippen molar-refractivity contribution in [2.75, 3.05) is 18.0 Å². The van der Waals surface area contributed by atoms with Crippen molar-refractivity contribution < 1.29 is 95.2 Å². The van der Waals surface area contributed by atoms with E-state index in [1.807, 2.05) is 6.07 Å². The van der Waals surface area contributed by atoms with Crippen LogP contribution >= 0.6 is 23.1 Å². The van der Waals surface area contributed by atoms with Crippen molar-refractivity contribution in [3.05, 3.63) is 52.9 Å². The molecule has 22 nitrogen and oxygen atoms in total. The number of nitrogens with one attached hydrogen (secondary N) is 1. The fourth-order valence-corrected chi connectivity index (χ4v) is 7.95. The Morgan fingerprint density at radius 3 is 2.42 bits per heavy atom. The molecule has 5 amide bonds. The van der Waals surface area contributed by atoms with E-state index in [9.17, 15) is 52.0 Å². The van der Waals surface area contributed by atoms with Crippen molar-refractivity contribution in [1.82, 2.24) is 25.2 Å². The zero-order valence-corrected chi connectivity index (χ0v) is 33.7. The first kappa shape index (κ1) is 43.4. The summed E-state index contributed by atoms with van der Waals surface area (Å²) in [6, 6.07) is 2.22. The summed E-state index contributed by atoms with van der Waals surface area (Å²) in [4.78, 5) is 83.5. The minimum Gasteiger partial charge on any atom is -0.724 e. The van der Waals surface area contributed by atoms with Gasteiger partial charge in [-0.25, -0.2) is 27.6 Å². The summed E-state index contributed by atoms with van der Waals surface area (Å²) < 4.78 is 37.2. The molecule has 2 bridgehead atoms. The number of urea groups is 1. The predicted octanol–water partition coefficient (Wildman–Crippen LogP) is -6.16. The van der Waals surface area contributed by atoms with Gasteiger partial charge in [-0.1, -0.05) is 11.2 Å². The molecular weight excluding hydrogens is 802 g/mol. The van der Waals surface area contributed by atoms with E-state index >= 15 is 0 Å². The van der Waals surface area contributed by atoms with Crippen molar-refractivity contribution in [2.45, 2.75) is 62.3 Å². The summed E-state index contributed by atoms with van der Waals surface area (Å²) in [5, 5.41) is 28.9. The Morgan fingerprint density at radius 1 is 1.18 bits per heavy atom. The average molecular weight is 834 g/mol. The molecule has 0 saturated carbocycles. The van der Waals surface area contributed by atoms with Crippen LogP contribution in [0.3, 0.4) is 0 Å². The number of carboxylic acid groups (broad SMARTS) is 2. The van der Waals surface area contributed by atoms with Crippen molar-refractivity contribution in [1.29, 1.82) is 0 Å². The number of oxime groups is 1. The van der Waals surface area contributed by atoms with Crippen molar-refractivity contribution in [3.8, 4) is 0 Å². The zero-order chi connectivity index (χ0) is 39.7. The van der Waals surface area contributed by atoms with Gasteiger partial charge in [-0.2, -0.15) is 9.35 Å². The number of nitrogens with two attached hydrogens (primary N) is 2. The Balaban J connectivity index is 0.000000313. The standard InChI is InChI=1S/C22H22N6O7S2.C7H11N3O6S.Na/c1-22(2,20(33)34)35-26-13(12-10-37-21(23)24-12)16(29)25-14-17(30)28-15(19(31)32)11(9-36-18(14)28)8-27-6-4-3-5-7-27;8-6(11)5-2-1-4-3-9(5)7(12)10(4)16-17(13,14)15;/h3-7,10,14,18H,8-9H2,1-2H3,(H4-,23,24,25,29,31,32,33,34);4-5H,1-3H2,(H2,8,11)(H,13,14,15);/q;;+1/p-1/b26-13-;;/t14-,18-;4-,5+;/m10./s1. The number of hydroxylamine groups is 2. The number of pyridine rings is 1. The molecule has 4 aliphatic rings. The Morgan fingerprint density at radius 2 is 1.85 bits per heavy atom. The Kier molecular flexibility index (Phi) is 13.6. The van der Waals surface area contributed by atoms with Gasteiger partial charge in [0.15, 0.2) is 29.8 Å². The molecule has 3 fully saturated rings. The van der Waals surface area contributed by atoms with E-state index in [4.69, 9.17) is 16.3 Å². The molecule has 0 aliphatic carbocycles. The number of piperidine rings is 1. The molecule has 0 spiro atoms. The van der Waals surface area contributed by atoms with E-state index in [1.165, 1.54) is 31.0 Å². The molecular formula is C29H32N9NaO13S3. The number of primary amides is 1. The molecule has 26 heteroatoms. The first-order valence-electron chi connectivity index (χ1n) is 15.7. The van der Waals surface area contributed by atoms with Crippen LogP contribution in [0, 0.1) is 0 Å². The molecule has 4 atom stereocenters. The quantitative estimate of drug-likeness (QED) is 0.0294. The first-order valence-corrected chi connectivity index (χ1v) is 18.9. The third kappa shape index (κ3) is 9.72. The van der Waals surface area contributed by atoms with Crippen LogP contribution in [0.2, 0.25) is 0 Å². The first-order chi connectivity index (χ1) is 25.3. The number of amides is 5. The van der Waals surface area contributed by atoms with Crippen LogP contribution in [-0.4, -0.2) is 121 Å². The summed E-state index contributed by atoms with van der Waals surface area (Å²) in [6.07, 6.45) is 4.23. The van der Waals surface area contributed by atoms with E-state index < -0.39 is 75.2 Å². The van der Waals surface area contributed by atoms with Crippen LogP contribution in [0.1, 0.15) is 32.4 Å². The van der Waals surface area contributed by atoms with E-state index in [1.54, 1.807) is 29.1 Å². The number of rotatable bonds is 12. The van der Waals surface area contributed by atoms with Crippen LogP contribution in [-0.2, 0) is 50.0 Å². The predicted molar refractivity (Wildman–Crippen MR) is 180 cm³/mol. The molecule has 290 valence electrons. The van der Waals surface area contributed by atoms with E-state index in [0.717, 1.165) is 21.1 Å². The van der Waals surface area contributed by atoms with E-state index in [0.29, 0.717) is 29.2 Å². The molecule has 6 rings (SSSR count). The largest absolute Gasteiger partial charge is 1.00 e. The molecule has 0 unspecified atom stereocenters. The summed E-state index contributed by atoms with van der Waals surface area (Å²) in [7, 11) is -5.00. The maximum atomic E-state index is 13.1. The molecule has 2 aromatic rings. The number of carbonyl (C=O) groups excluding carboxylic acids is 5. The van der Waals surface area contributed by atoms with Gasteiger partial charge in [-0.3, -0.25) is 19.3 Å². The third-order valence-corrected chi connectivity index (χ3v) is 10.7. The molecule has 6 heterocycles. The number of aromatic nitrogens is 2. The summed E-state index contributed by atoms with van der Waals surface area (Å²) in [5.41, 5.74) is 8.95. The maximum absolute atomic E-state index is 13.1. The number of hydrogen-bond donors (Lipinski definition) is 4. The van der Waals surface area contributed by atoms with Gasteiger partial charge in [0.05, 0.1) is 17.7 Å². The van der Waals surface area contributed by atoms with Gasteiger partial charge >= 0.3 is 41.6 Å². The molecule has 55 heavy (non-hydrogen) atoms. The second kappa shape index (κ2) is 17.2. The summed E-state index contributed by atoms with van der Waals surface area (Å²) in [6.45, 7) is 2.87. The second-order valence-corrected chi connectivity index (χ2v) is 15.4. The number of nitrogens with zero attached hydrogens (tertiary/aromatic N) is 6. The van der Waals surface area contributed by atoms with Crippen molar-refractivity contribution in [3.63, 3.8) is 0 Å². The fraction of sp³-hybridized carbons (Fsp3) is 0.414. The number of hydrogen-bond acceptors (Lipinski definition) is 17. The molecule has 3 saturated heterocycles. The molecule has 4 aliphatic heterocycles. The van der Waals surface area contributed by atoms with Gasteiger partial charge in [0, 0.05) is 35.4 Å². The number of thioether (sulfide) groups is 1. The van der Waals surface area contributed by atoms with Crippen molar-refractivity contribution in [2.24, 2.45) is 10.9 Å². The van der Waals surface area contributed by atoms with Crippen LogP contribution in [0.5, 0.6) is 0 Å². The summed E-state index contributed by atoms with van der Waals surface area (Å²) in [5.74, 6) is -4.67. The third-order valence-electron chi connectivity index (χ3n) is 8.36. The van der Waals surface area contributed by atoms with Crippen LogP contribution < -0.4 is 56.0 Å². The van der Waals surface area contributed by atoms with Gasteiger partial charge in [-0.15, -0.1) is 23.1 Å². The van der Waals surface area contributed by atoms with Gasteiger partial charge in [0.25, 0.3) is 11.8 Å². The molecule has 2 aromatic heterocycles. The Labute approximate surface area is 342 Å². The number of carbonyl (C=O) groups is 6. The Hall–Kier alpha value is -4.37. The maximum Gasteiger partial charge on any atom is 1.00 e. The van der Waals surface area contributed by atoms with E-state index in [2.05, 4.69) is 19.7 Å². The van der Waals surface area contributed by atoms with Gasteiger partial charge in [-0.05, 0) is 26.7 Å². The number of β-lactam (4-membered cyclic amide) rings is 1. The normalized spacial score (nSPS) is 22.1. The smallest absolute Gasteiger partial charge is 0.724 e. The van der Waals surface area contributed by atoms with Crippen molar-refractivity contribution >= 4 is 80.0 Å². The van der Waals surface area contributed by atoms with Crippen LogP contribution in [0.15, 0.2) is 52.4 Å². The van der Waals surface area contributed by atoms with E-state index in [-0.39, 0.29) is 64.9 Å². The summed E-state index contributed by atoms with van der Waals surface area (Å²) >= 11 is 2.32. The van der Waals surface area contributed by atoms with Gasteiger partial charge in [0.1, 0.15) is 23.2 Å². The second-order valence-electron chi connectivity index (χ2n) is 12.5. The number of thiazole rings is 1. The molecule has 6 N–H and O–H groups in total. The topological polar surface area (TPSA) is 324 Å². The minimum absolute atomic E-state index is 0. The molecule has 0 radical (unpaired) electrons. The van der Waals surface area contributed by atoms with Gasteiger partial charge < -0.3 is 46.1 Å². The number of anilines is 1. The number of fused-ring (bicyclic) bond motifs is 3. The van der Waals surface area contributed by atoms with Crippen LogP contribution in [0.4, 0.5) is 9.93 Å². The molecule has 0 aromatic carbocycles. The SMILES string of the molecule is CC(C)(O/N=C(\C(=O)N[C@@H]1C(=O)N2C(C(=O)[O-])=C(C[n+]3ccccc3)CS[C@H]12)c1csc(N)n1)C(=O)O.NC(=O)[C@H]1CC[C@H]2CN1C(=O)N2OS(=O)(=O)[O-].[Na+]. The fourth-order valence-electron chi connectivity index (χ4n) is 5.69. The van der Waals surface area contributed by atoms with Gasteiger partial charge in [0.2, 0.25) is 21.9 Å². The van der Waals surface area contributed by atoms with Crippen LogP contribution in [0.25, 0.3) is 0 Å².